The SMILES string of the molecule is CC[C@H](C)[C@@H]([C@@H](CC(=O)N1CCC[C@H]1[C@H](OC)[C@@H](C)C(=O)N[C@@H](Cc1ccccc1)C(=O)O)OC)N(C)C(=O)[C@@H](NC(=O)[C@H](C(C)C)N(C)C(=O)OCc1ccc(NC(=O)[C@H](CCCNC(N)=O)NC(=O)[C@@H](NC(=O)F)C(C)C)cc1)C(C)C. The van der Waals surface area contributed by atoms with Crippen LogP contribution in [0.3, 0.4) is 0 Å². The predicted molar refractivity (Wildman–Crippen MR) is 311 cm³/mol. The lowest BCUT2D eigenvalue weighted by molar-refractivity contribution is -0.148. The van der Waals surface area contributed by atoms with E-state index in [1.54, 1.807) is 96.8 Å². The molecule has 1 aliphatic rings. The number of likely N-dealkylation sites (N-methyl/N-ethyl adjacent to an activating group) is 2. The van der Waals surface area contributed by atoms with E-state index in [0.717, 1.165) is 10.5 Å². The normalized spacial score (nSPS) is 16.8. The molecule has 0 unspecified atom stereocenters. The summed E-state index contributed by atoms with van der Waals surface area (Å²) in [5, 5.41) is 25.1. The largest absolute Gasteiger partial charge is 0.480 e. The van der Waals surface area contributed by atoms with Crippen LogP contribution >= 0.6 is 0 Å². The summed E-state index contributed by atoms with van der Waals surface area (Å²) in [6.07, 6.45) is -2.39. The van der Waals surface area contributed by atoms with Gasteiger partial charge in [-0.2, -0.15) is 0 Å². The number of halogens is 1. The second kappa shape index (κ2) is 34.4. The fraction of sp³-hybridized carbons (Fsp3) is 0.627. The molecule has 1 aliphatic heterocycles. The van der Waals surface area contributed by atoms with Crippen molar-refractivity contribution >= 4 is 65.4 Å². The number of nitrogens with zero attached hydrogens (tertiary/aromatic N) is 3. The number of carbonyl (C=O) groups is 10. The van der Waals surface area contributed by atoms with Crippen molar-refractivity contribution in [2.24, 2.45) is 35.3 Å². The minimum absolute atomic E-state index is 0.0350. The van der Waals surface area contributed by atoms with Crippen molar-refractivity contribution in [3.63, 3.8) is 0 Å². The van der Waals surface area contributed by atoms with Crippen LogP contribution in [0.2, 0.25) is 0 Å². The van der Waals surface area contributed by atoms with Crippen LogP contribution < -0.4 is 37.6 Å². The molecule has 468 valence electrons. The Morgan fingerprint density at radius 3 is 1.89 bits per heavy atom. The van der Waals surface area contributed by atoms with E-state index >= 15 is 0 Å². The van der Waals surface area contributed by atoms with Gasteiger partial charge in [-0.1, -0.05) is 111 Å². The zero-order valence-corrected chi connectivity index (χ0v) is 50.9. The maximum absolute atomic E-state index is 14.7. The highest BCUT2D eigenvalue weighted by Crippen LogP contribution is 2.30. The third kappa shape index (κ3) is 21.0. The van der Waals surface area contributed by atoms with Crippen molar-refractivity contribution in [3.05, 3.63) is 65.7 Å². The standard InChI is InChI=1S/C59H91FN10O14/c1-14-36(8)49(44(82-12)31-45(71)70-29-19-23-43(70)50(83-13)37(9)51(72)65-42(56(77)78)30-38-20-16-15-17-21-38)68(10)55(76)47(34(4)5)66-54(75)48(35(6)7)69(11)59(81)84-32-39-24-26-40(27-25-39)63-52(73)41(22-18-28-62-58(61)80)64-53(74)46(33(2)3)67-57(60)79/h15-17,20-21,24-27,33-37,41-44,46-50H,14,18-19,22-23,28-32H2,1-13H3,(H,63,73)(H,64,74)(H,65,72)(H,66,75)(H,67,79)(H,77,78)(H3,61,62,80)/t36-,37+,41-,42-,43-,44+,46-,47-,48-,49-,50+/m0/s1. The second-order valence-corrected chi connectivity index (χ2v) is 22.6. The number of carbonyl (C=O) groups excluding carboxylic acids is 9. The number of urea groups is 1. The number of rotatable bonds is 33. The molecule has 1 fully saturated rings. The molecule has 25 heteroatoms. The van der Waals surface area contributed by atoms with E-state index < -0.39 is 132 Å². The lowest BCUT2D eigenvalue weighted by Gasteiger charge is -2.41. The fourth-order valence-corrected chi connectivity index (χ4v) is 10.5. The Morgan fingerprint density at radius 1 is 0.738 bits per heavy atom. The number of carboxylic acid groups (broad SMARTS) is 1. The van der Waals surface area contributed by atoms with E-state index in [1.165, 1.54) is 38.3 Å². The first-order valence-corrected chi connectivity index (χ1v) is 28.7. The quantitative estimate of drug-likeness (QED) is 0.0272. The van der Waals surface area contributed by atoms with E-state index in [0.29, 0.717) is 37.1 Å². The van der Waals surface area contributed by atoms with Crippen LogP contribution in [0.15, 0.2) is 54.6 Å². The zero-order chi connectivity index (χ0) is 63.1. The first kappa shape index (κ1) is 70.9. The smallest absolute Gasteiger partial charge is 0.410 e. The number of aliphatic carboxylic acids is 1. The highest BCUT2D eigenvalue weighted by Gasteiger charge is 2.44. The van der Waals surface area contributed by atoms with Crippen molar-refractivity contribution in [1.82, 2.24) is 41.3 Å². The molecule has 0 radical (unpaired) electrons. The zero-order valence-electron chi connectivity index (χ0n) is 50.9. The van der Waals surface area contributed by atoms with Crippen molar-refractivity contribution in [1.29, 1.82) is 0 Å². The average molecular weight is 1180 g/mol. The first-order valence-electron chi connectivity index (χ1n) is 28.7. The second-order valence-electron chi connectivity index (χ2n) is 22.6. The van der Waals surface area contributed by atoms with Crippen LogP contribution in [0.1, 0.15) is 112 Å². The van der Waals surface area contributed by atoms with Gasteiger partial charge in [0.2, 0.25) is 35.4 Å². The third-order valence-electron chi connectivity index (χ3n) is 15.4. The molecule has 1 heterocycles. The summed E-state index contributed by atoms with van der Waals surface area (Å²) in [6.45, 7) is 16.0. The van der Waals surface area contributed by atoms with Crippen LogP contribution in [-0.2, 0) is 60.8 Å². The van der Waals surface area contributed by atoms with Gasteiger partial charge in [-0.25, -0.2) is 19.2 Å². The van der Waals surface area contributed by atoms with Crippen molar-refractivity contribution in [3.8, 4) is 0 Å². The molecule has 3 rings (SSSR count). The van der Waals surface area contributed by atoms with Crippen LogP contribution in [0.5, 0.6) is 0 Å². The minimum atomic E-state index is -1.91. The molecule has 10 amide bonds. The topological polar surface area (TPSA) is 327 Å². The number of primary amides is 1. The van der Waals surface area contributed by atoms with Gasteiger partial charge in [0.1, 0.15) is 36.8 Å². The molecular formula is C59H91FN10O14. The number of benzene rings is 2. The van der Waals surface area contributed by atoms with Crippen LogP contribution in [0, 0.1) is 29.6 Å². The number of nitrogens with two attached hydrogens (primary N) is 1. The number of likely N-dealkylation sites (tertiary alicyclic amines) is 1. The molecule has 9 N–H and O–H groups in total. The van der Waals surface area contributed by atoms with E-state index in [4.69, 9.17) is 19.9 Å². The molecular weight excluding hydrogens is 1090 g/mol. The molecule has 2 aromatic rings. The summed E-state index contributed by atoms with van der Waals surface area (Å²) in [6, 6.07) is 7.41. The molecule has 84 heavy (non-hydrogen) atoms. The van der Waals surface area contributed by atoms with Gasteiger partial charge in [0, 0.05) is 53.5 Å². The summed E-state index contributed by atoms with van der Waals surface area (Å²) >= 11 is 0. The number of hydrogen-bond donors (Lipinski definition) is 8. The van der Waals surface area contributed by atoms with E-state index in [9.17, 15) is 57.4 Å². The number of hydrogen-bond acceptors (Lipinski definition) is 13. The molecule has 0 bridgehead atoms. The maximum Gasteiger partial charge on any atom is 0.410 e. The van der Waals surface area contributed by atoms with E-state index in [2.05, 4.69) is 26.6 Å². The summed E-state index contributed by atoms with van der Waals surface area (Å²) in [4.78, 5) is 136. The van der Waals surface area contributed by atoms with Crippen LogP contribution in [-0.4, -0.2) is 175 Å². The van der Waals surface area contributed by atoms with Crippen molar-refractivity contribution in [2.45, 2.75) is 168 Å². The fourth-order valence-electron chi connectivity index (χ4n) is 10.5. The Balaban J connectivity index is 1.72. The third-order valence-corrected chi connectivity index (χ3v) is 15.4. The predicted octanol–water partition coefficient (Wildman–Crippen LogP) is 4.73. The Kier molecular flexibility index (Phi) is 29.0. The molecule has 0 saturated carbocycles. The lowest BCUT2D eigenvalue weighted by atomic mass is 9.89. The molecule has 24 nitrogen and oxygen atoms in total. The van der Waals surface area contributed by atoms with Gasteiger partial charge < -0.3 is 66.8 Å². The monoisotopic (exact) mass is 1180 g/mol. The van der Waals surface area contributed by atoms with Gasteiger partial charge in [-0.15, -0.1) is 4.39 Å². The summed E-state index contributed by atoms with van der Waals surface area (Å²) in [7, 11) is 5.94. The molecule has 11 atom stereocenters. The Morgan fingerprint density at radius 2 is 1.36 bits per heavy atom. The summed E-state index contributed by atoms with van der Waals surface area (Å²) in [5.41, 5.74) is 6.69. The highest BCUT2D eigenvalue weighted by molar-refractivity contribution is 5.98. The molecule has 0 aliphatic carbocycles. The Bertz CT molecular complexity index is 2520. The van der Waals surface area contributed by atoms with Crippen LogP contribution in [0.4, 0.5) is 24.5 Å². The van der Waals surface area contributed by atoms with Gasteiger partial charge in [-0.05, 0) is 72.6 Å². The molecule has 2 aromatic carbocycles. The number of ether oxygens (including phenoxy) is 3. The minimum Gasteiger partial charge on any atom is -0.480 e. The van der Waals surface area contributed by atoms with Gasteiger partial charge in [0.05, 0.1) is 36.6 Å². The average Bonchev–Trinajstić information content (AvgIpc) is 4.10. The Labute approximate surface area is 492 Å². The van der Waals surface area contributed by atoms with Crippen molar-refractivity contribution in [2.75, 3.05) is 46.7 Å². The maximum atomic E-state index is 14.7. The lowest BCUT2D eigenvalue weighted by Crippen LogP contribution is -2.60. The van der Waals surface area contributed by atoms with Gasteiger partial charge in [0.15, 0.2) is 0 Å². The Hall–Kier alpha value is -7.41. The number of methoxy groups -OCH3 is 2. The molecule has 0 aromatic heterocycles. The number of amides is 10. The number of nitrogens with one attached hydrogen (secondary N) is 6. The van der Waals surface area contributed by atoms with Crippen molar-refractivity contribution < 1.29 is 71.7 Å². The highest BCUT2D eigenvalue weighted by atomic mass is 19.1. The molecule has 0 spiro atoms. The van der Waals surface area contributed by atoms with Gasteiger partial charge in [-0.3, -0.25) is 33.7 Å². The van der Waals surface area contributed by atoms with Gasteiger partial charge in [0.25, 0.3) is 0 Å². The summed E-state index contributed by atoms with van der Waals surface area (Å²) < 4.78 is 30.8. The first-order chi connectivity index (χ1) is 39.6. The molecule has 1 saturated heterocycles. The number of carboxylic acids is 1. The van der Waals surface area contributed by atoms with E-state index in [-0.39, 0.29) is 50.7 Å². The van der Waals surface area contributed by atoms with Gasteiger partial charge >= 0.3 is 24.3 Å². The van der Waals surface area contributed by atoms with E-state index in [1.807, 2.05) is 25.2 Å². The van der Waals surface area contributed by atoms with Crippen LogP contribution in [0.25, 0.3) is 0 Å². The summed E-state index contributed by atoms with van der Waals surface area (Å²) in [5.74, 6) is -6.96. The number of anilines is 1.